The van der Waals surface area contributed by atoms with Gasteiger partial charge in [0.25, 0.3) is 0 Å². The topological polar surface area (TPSA) is 13.1 Å². The highest BCUT2D eigenvalue weighted by Gasteiger charge is 2.16. The van der Waals surface area contributed by atoms with Gasteiger partial charge in [-0.25, -0.2) is 8.78 Å². The van der Waals surface area contributed by atoms with Crippen molar-refractivity contribution >= 4 is 11.0 Å². The quantitative estimate of drug-likeness (QED) is 0.576. The van der Waals surface area contributed by atoms with E-state index in [0.29, 0.717) is 5.76 Å². The van der Waals surface area contributed by atoms with E-state index in [0.717, 1.165) is 6.07 Å². The monoisotopic (exact) mass is 186 g/mol. The Labute approximate surface area is 71.8 Å². The van der Waals surface area contributed by atoms with Gasteiger partial charge in [-0.1, -0.05) is 0 Å². The van der Waals surface area contributed by atoms with Crippen molar-refractivity contribution in [3.63, 3.8) is 0 Å². The first-order valence-electron chi connectivity index (χ1n) is 3.63. The first-order valence-corrected chi connectivity index (χ1v) is 3.63. The van der Waals surface area contributed by atoms with Crippen LogP contribution in [-0.2, 0) is 0 Å². The van der Waals surface area contributed by atoms with Gasteiger partial charge in [-0.3, -0.25) is 0 Å². The van der Waals surface area contributed by atoms with E-state index in [2.05, 4.69) is 0 Å². The van der Waals surface area contributed by atoms with Crippen molar-refractivity contribution in [2.45, 2.75) is 6.92 Å². The van der Waals surface area contributed by atoms with E-state index in [1.807, 2.05) is 0 Å². The zero-order valence-corrected chi connectivity index (χ0v) is 6.70. The number of hydrogen-bond acceptors (Lipinski definition) is 1. The van der Waals surface area contributed by atoms with Crippen LogP contribution in [0.3, 0.4) is 0 Å². The summed E-state index contributed by atoms with van der Waals surface area (Å²) in [6, 6.07) is 2.35. The van der Waals surface area contributed by atoms with Crippen molar-refractivity contribution in [3.05, 3.63) is 35.3 Å². The van der Waals surface area contributed by atoms with Gasteiger partial charge in [0.2, 0.25) is 5.82 Å². The molecule has 0 unspecified atom stereocenters. The van der Waals surface area contributed by atoms with Gasteiger partial charge in [0.05, 0.1) is 0 Å². The molecule has 0 N–H and O–H groups in total. The molecule has 2 aromatic rings. The molecule has 0 atom stereocenters. The van der Waals surface area contributed by atoms with Crippen molar-refractivity contribution in [3.8, 4) is 0 Å². The standard InChI is InChI=1S/C9H5F3O/c1-4-2-5-3-6(10)7(11)8(12)9(5)13-4/h2-3H,1H3. The van der Waals surface area contributed by atoms with Crippen molar-refractivity contribution in [1.82, 2.24) is 0 Å². The first-order chi connectivity index (χ1) is 6.09. The maximum absolute atomic E-state index is 13.0. The van der Waals surface area contributed by atoms with E-state index >= 15 is 0 Å². The second-order valence-electron chi connectivity index (χ2n) is 2.76. The summed E-state index contributed by atoms with van der Waals surface area (Å²) >= 11 is 0. The Morgan fingerprint density at radius 1 is 1.08 bits per heavy atom. The van der Waals surface area contributed by atoms with Crippen LogP contribution in [0.4, 0.5) is 13.2 Å². The third kappa shape index (κ3) is 1.09. The van der Waals surface area contributed by atoms with Crippen LogP contribution in [0.15, 0.2) is 16.5 Å². The molecule has 1 heterocycles. The average molecular weight is 186 g/mol. The number of fused-ring (bicyclic) bond motifs is 1. The third-order valence-electron chi connectivity index (χ3n) is 1.77. The van der Waals surface area contributed by atoms with Gasteiger partial charge in [-0.05, 0) is 19.1 Å². The highest BCUT2D eigenvalue weighted by Crippen LogP contribution is 2.25. The Morgan fingerprint density at radius 3 is 2.46 bits per heavy atom. The van der Waals surface area contributed by atoms with E-state index in [9.17, 15) is 13.2 Å². The van der Waals surface area contributed by atoms with Crippen LogP contribution in [-0.4, -0.2) is 0 Å². The maximum Gasteiger partial charge on any atom is 0.204 e. The van der Waals surface area contributed by atoms with E-state index in [4.69, 9.17) is 4.42 Å². The molecule has 0 amide bonds. The normalized spacial score (nSPS) is 11.1. The number of aryl methyl sites for hydroxylation is 1. The zero-order chi connectivity index (χ0) is 9.59. The summed E-state index contributed by atoms with van der Waals surface area (Å²) in [5, 5.41) is 0.230. The van der Waals surface area contributed by atoms with Gasteiger partial charge in [-0.2, -0.15) is 4.39 Å². The molecule has 0 aliphatic rings. The molecule has 0 aliphatic heterocycles. The summed E-state index contributed by atoms with van der Waals surface area (Å²) in [5.41, 5.74) is -0.239. The van der Waals surface area contributed by atoms with E-state index < -0.39 is 17.5 Å². The van der Waals surface area contributed by atoms with Crippen LogP contribution < -0.4 is 0 Å². The highest BCUT2D eigenvalue weighted by molar-refractivity contribution is 5.78. The Morgan fingerprint density at radius 2 is 1.77 bits per heavy atom. The minimum Gasteiger partial charge on any atom is -0.458 e. The van der Waals surface area contributed by atoms with Crippen molar-refractivity contribution in [2.75, 3.05) is 0 Å². The average Bonchev–Trinajstić information content (AvgIpc) is 2.42. The molecular weight excluding hydrogens is 181 g/mol. The van der Waals surface area contributed by atoms with Crippen LogP contribution in [0.25, 0.3) is 11.0 Å². The lowest BCUT2D eigenvalue weighted by molar-refractivity contribution is 0.439. The number of benzene rings is 1. The van der Waals surface area contributed by atoms with E-state index in [-0.39, 0.29) is 11.0 Å². The predicted molar refractivity (Wildman–Crippen MR) is 40.8 cm³/mol. The maximum atomic E-state index is 13.0. The molecule has 0 radical (unpaired) electrons. The number of halogens is 3. The minimum atomic E-state index is -1.50. The molecule has 0 saturated heterocycles. The lowest BCUT2D eigenvalue weighted by Gasteiger charge is -1.94. The predicted octanol–water partition coefficient (Wildman–Crippen LogP) is 3.16. The third-order valence-corrected chi connectivity index (χ3v) is 1.77. The fourth-order valence-electron chi connectivity index (χ4n) is 1.22. The molecule has 0 spiro atoms. The molecule has 0 saturated carbocycles. The van der Waals surface area contributed by atoms with Crippen LogP contribution in [0.2, 0.25) is 0 Å². The molecule has 0 bridgehead atoms. The molecule has 2 rings (SSSR count). The van der Waals surface area contributed by atoms with Gasteiger partial charge in [0.1, 0.15) is 5.76 Å². The van der Waals surface area contributed by atoms with Gasteiger partial charge in [-0.15, -0.1) is 0 Å². The Bertz CT molecular complexity index is 473. The number of furan rings is 1. The molecule has 4 heteroatoms. The first kappa shape index (κ1) is 8.16. The second kappa shape index (κ2) is 2.52. The van der Waals surface area contributed by atoms with Gasteiger partial charge >= 0.3 is 0 Å². The summed E-state index contributed by atoms with van der Waals surface area (Å²) < 4.78 is 43.1. The molecule has 68 valence electrons. The number of hydrogen-bond donors (Lipinski definition) is 0. The lowest BCUT2D eigenvalue weighted by atomic mass is 10.2. The van der Waals surface area contributed by atoms with Crippen molar-refractivity contribution in [2.24, 2.45) is 0 Å². The Kier molecular flexibility index (Phi) is 1.58. The SMILES string of the molecule is Cc1cc2cc(F)c(F)c(F)c2o1. The summed E-state index contributed by atoms with van der Waals surface area (Å²) in [4.78, 5) is 0. The molecule has 1 aromatic carbocycles. The molecule has 13 heavy (non-hydrogen) atoms. The molecule has 0 fully saturated rings. The van der Waals surface area contributed by atoms with E-state index in [1.165, 1.54) is 6.07 Å². The van der Waals surface area contributed by atoms with Gasteiger partial charge in [0.15, 0.2) is 17.2 Å². The Hall–Kier alpha value is -1.45. The largest absolute Gasteiger partial charge is 0.458 e. The van der Waals surface area contributed by atoms with Crippen molar-refractivity contribution < 1.29 is 17.6 Å². The zero-order valence-electron chi connectivity index (χ0n) is 6.70. The van der Waals surface area contributed by atoms with Gasteiger partial charge in [0, 0.05) is 5.39 Å². The number of rotatable bonds is 0. The molecule has 0 aliphatic carbocycles. The summed E-state index contributed by atoms with van der Waals surface area (Å²) in [6.07, 6.45) is 0. The highest BCUT2D eigenvalue weighted by atomic mass is 19.2. The molecular formula is C9H5F3O. The molecule has 1 aromatic heterocycles. The lowest BCUT2D eigenvalue weighted by Crippen LogP contribution is -1.89. The van der Waals surface area contributed by atoms with Gasteiger partial charge < -0.3 is 4.42 Å². The minimum absolute atomic E-state index is 0.230. The fraction of sp³-hybridized carbons (Fsp3) is 0.111. The summed E-state index contributed by atoms with van der Waals surface area (Å²) in [7, 11) is 0. The second-order valence-corrected chi connectivity index (χ2v) is 2.76. The fourth-order valence-corrected chi connectivity index (χ4v) is 1.22. The summed E-state index contributed by atoms with van der Waals surface area (Å²) in [6.45, 7) is 1.58. The van der Waals surface area contributed by atoms with E-state index in [1.54, 1.807) is 6.92 Å². The van der Waals surface area contributed by atoms with Crippen LogP contribution in [0.5, 0.6) is 0 Å². The Balaban J connectivity index is 2.92. The van der Waals surface area contributed by atoms with Crippen LogP contribution >= 0.6 is 0 Å². The summed E-state index contributed by atoms with van der Waals surface area (Å²) in [5.74, 6) is -3.56. The van der Waals surface area contributed by atoms with Crippen molar-refractivity contribution in [1.29, 1.82) is 0 Å². The van der Waals surface area contributed by atoms with Crippen LogP contribution in [0, 0.1) is 24.4 Å². The van der Waals surface area contributed by atoms with Crippen LogP contribution in [0.1, 0.15) is 5.76 Å². The smallest absolute Gasteiger partial charge is 0.204 e. The molecule has 1 nitrogen and oxygen atoms in total.